The Kier molecular flexibility index (Phi) is 6.02. The quantitative estimate of drug-likeness (QED) is 0.580. The Morgan fingerprint density at radius 1 is 1.07 bits per heavy atom. The monoisotopic (exact) mass is 418 g/mol. The lowest BCUT2D eigenvalue weighted by Crippen LogP contribution is -2.26. The van der Waals surface area contributed by atoms with Crippen LogP contribution in [0, 0.1) is 13.8 Å². The second-order valence-electron chi connectivity index (χ2n) is 6.04. The van der Waals surface area contributed by atoms with E-state index in [1.165, 1.54) is 0 Å². The summed E-state index contributed by atoms with van der Waals surface area (Å²) in [5.74, 6) is -0.939. The number of carbonyl (C=O) groups excluding carboxylic acids is 2. The summed E-state index contributed by atoms with van der Waals surface area (Å²) in [5.41, 5.74) is 1.47. The van der Waals surface area contributed by atoms with Gasteiger partial charge in [0.15, 0.2) is 0 Å². The molecule has 1 N–H and O–H groups in total. The Bertz CT molecular complexity index is 979. The van der Waals surface area contributed by atoms with Crippen LogP contribution in [0.2, 0.25) is 10.0 Å². The summed E-state index contributed by atoms with van der Waals surface area (Å²) < 4.78 is 10.5. The second kappa shape index (κ2) is 8.46. The average Bonchev–Trinajstić information content (AvgIpc) is 2.97. The van der Waals surface area contributed by atoms with Crippen molar-refractivity contribution in [3.8, 4) is 0 Å². The molecule has 0 spiro atoms. The van der Waals surface area contributed by atoms with Crippen molar-refractivity contribution in [2.45, 2.75) is 20.0 Å². The highest BCUT2D eigenvalue weighted by atomic mass is 35.5. The van der Waals surface area contributed by atoms with Crippen LogP contribution in [-0.2, 0) is 9.53 Å². The van der Waals surface area contributed by atoms with Crippen LogP contribution in [0.15, 0.2) is 53.1 Å². The molecule has 3 rings (SSSR count). The van der Waals surface area contributed by atoms with Gasteiger partial charge in [-0.15, -0.1) is 0 Å². The van der Waals surface area contributed by atoms with Crippen LogP contribution in [-0.4, -0.2) is 17.0 Å². The molecule has 1 atom stereocenters. The fourth-order valence-corrected chi connectivity index (χ4v) is 3.20. The van der Waals surface area contributed by atoms with Gasteiger partial charge in [-0.05, 0) is 32.0 Å². The summed E-state index contributed by atoms with van der Waals surface area (Å²) in [7, 11) is 0. The number of hydrogen-bond donors (Lipinski definition) is 1. The highest BCUT2D eigenvalue weighted by Crippen LogP contribution is 2.26. The Morgan fingerprint density at radius 2 is 1.71 bits per heavy atom. The molecule has 0 aliphatic rings. The largest absolute Gasteiger partial charge is 0.444 e. The van der Waals surface area contributed by atoms with Crippen LogP contribution in [0.4, 0.5) is 5.69 Å². The second-order valence-corrected chi connectivity index (χ2v) is 6.92. The van der Waals surface area contributed by atoms with Crippen LogP contribution < -0.4 is 5.32 Å². The summed E-state index contributed by atoms with van der Waals surface area (Å²) in [6.07, 6.45) is -1.19. The predicted molar refractivity (Wildman–Crippen MR) is 106 cm³/mol. The van der Waals surface area contributed by atoms with Crippen LogP contribution in [0.25, 0.3) is 0 Å². The van der Waals surface area contributed by atoms with E-state index >= 15 is 0 Å². The first-order valence-corrected chi connectivity index (χ1v) is 9.06. The fraction of sp³-hybridized carbons (Fsp3) is 0.150. The zero-order valence-electron chi connectivity index (χ0n) is 15.0. The maximum atomic E-state index is 12.9. The van der Waals surface area contributed by atoms with Gasteiger partial charge in [0.25, 0.3) is 5.91 Å². The van der Waals surface area contributed by atoms with Crippen molar-refractivity contribution >= 4 is 40.8 Å². The number of esters is 1. The molecular formula is C20H16Cl2N2O4. The third-order valence-electron chi connectivity index (χ3n) is 3.93. The molecule has 0 saturated heterocycles. The molecule has 28 heavy (non-hydrogen) atoms. The molecule has 3 aromatic rings. The minimum Gasteiger partial charge on any atom is -0.444 e. The van der Waals surface area contributed by atoms with Gasteiger partial charge in [-0.3, -0.25) is 4.79 Å². The molecule has 0 saturated carbocycles. The van der Waals surface area contributed by atoms with Crippen molar-refractivity contribution in [2.24, 2.45) is 0 Å². The average molecular weight is 419 g/mol. The molecule has 0 aliphatic carbocycles. The summed E-state index contributed by atoms with van der Waals surface area (Å²) in [6.45, 7) is 3.22. The first-order chi connectivity index (χ1) is 13.3. The van der Waals surface area contributed by atoms with E-state index in [4.69, 9.17) is 32.5 Å². The van der Waals surface area contributed by atoms with Crippen LogP contribution in [0.1, 0.15) is 33.5 Å². The number of anilines is 1. The van der Waals surface area contributed by atoms with Crippen LogP contribution >= 0.6 is 23.2 Å². The van der Waals surface area contributed by atoms with Crippen molar-refractivity contribution in [3.05, 3.63) is 81.2 Å². The van der Waals surface area contributed by atoms with Crippen molar-refractivity contribution in [3.63, 3.8) is 0 Å². The molecule has 0 aliphatic heterocycles. The zero-order valence-corrected chi connectivity index (χ0v) is 16.5. The molecule has 1 amide bonds. The first kappa shape index (κ1) is 19.9. The number of aryl methyl sites for hydroxylation is 2. The van der Waals surface area contributed by atoms with E-state index in [9.17, 15) is 9.59 Å². The highest BCUT2D eigenvalue weighted by molar-refractivity contribution is 6.35. The van der Waals surface area contributed by atoms with Gasteiger partial charge in [0.1, 0.15) is 11.3 Å². The number of hydrogen-bond acceptors (Lipinski definition) is 5. The fourth-order valence-electron chi connectivity index (χ4n) is 2.67. The molecule has 1 aromatic heterocycles. The van der Waals surface area contributed by atoms with E-state index in [-0.39, 0.29) is 5.56 Å². The lowest BCUT2D eigenvalue weighted by atomic mass is 10.1. The normalized spacial score (nSPS) is 11.7. The van der Waals surface area contributed by atoms with Gasteiger partial charge < -0.3 is 14.6 Å². The number of ether oxygens (including phenoxy) is 1. The van der Waals surface area contributed by atoms with Gasteiger partial charge in [0.05, 0.1) is 5.69 Å². The summed E-state index contributed by atoms with van der Waals surface area (Å²) >= 11 is 12.0. The smallest absolute Gasteiger partial charge is 0.344 e. The maximum Gasteiger partial charge on any atom is 0.344 e. The minimum absolute atomic E-state index is 0.194. The van der Waals surface area contributed by atoms with Gasteiger partial charge in [-0.2, -0.15) is 0 Å². The number of amides is 1. The first-order valence-electron chi connectivity index (χ1n) is 8.31. The Balaban J connectivity index is 1.89. The third kappa shape index (κ3) is 4.52. The van der Waals surface area contributed by atoms with E-state index in [1.54, 1.807) is 62.4 Å². The number of carbonyl (C=O) groups is 2. The molecule has 0 fully saturated rings. The van der Waals surface area contributed by atoms with Crippen molar-refractivity contribution in [1.82, 2.24) is 5.16 Å². The van der Waals surface area contributed by atoms with E-state index < -0.39 is 18.0 Å². The zero-order chi connectivity index (χ0) is 20.3. The van der Waals surface area contributed by atoms with E-state index in [1.807, 2.05) is 0 Å². The number of aromatic nitrogens is 1. The molecule has 144 valence electrons. The number of benzene rings is 2. The van der Waals surface area contributed by atoms with Gasteiger partial charge in [0.2, 0.25) is 6.10 Å². The number of rotatable bonds is 5. The van der Waals surface area contributed by atoms with Crippen molar-refractivity contribution in [1.29, 1.82) is 0 Å². The van der Waals surface area contributed by atoms with Gasteiger partial charge in [0, 0.05) is 21.3 Å². The Morgan fingerprint density at radius 3 is 2.29 bits per heavy atom. The molecule has 0 bridgehead atoms. The molecule has 1 heterocycles. The summed E-state index contributed by atoms with van der Waals surface area (Å²) in [6, 6.07) is 13.3. The molecule has 2 aromatic carbocycles. The lowest BCUT2D eigenvalue weighted by Gasteiger charge is -2.18. The third-order valence-corrected chi connectivity index (χ3v) is 4.37. The topological polar surface area (TPSA) is 81.4 Å². The van der Waals surface area contributed by atoms with Gasteiger partial charge in [-0.1, -0.05) is 58.7 Å². The number of halogens is 2. The van der Waals surface area contributed by atoms with Crippen molar-refractivity contribution < 1.29 is 18.8 Å². The highest BCUT2D eigenvalue weighted by Gasteiger charge is 2.28. The summed E-state index contributed by atoms with van der Waals surface area (Å²) in [4.78, 5) is 25.5. The van der Waals surface area contributed by atoms with Crippen LogP contribution in [0.3, 0.4) is 0 Å². The van der Waals surface area contributed by atoms with E-state index in [2.05, 4.69) is 10.5 Å². The standard InChI is InChI=1S/C20H16Cl2N2O4/c1-11-17(12(2)28-24-11)20(26)27-18(13-6-4-3-5-7-13)19(25)23-16-9-14(21)8-15(22)10-16/h3-10,18H,1-2H3,(H,23,25)/t18-/m1/s1. The molecule has 0 unspecified atom stereocenters. The van der Waals surface area contributed by atoms with E-state index in [0.29, 0.717) is 32.8 Å². The Hall–Kier alpha value is -2.83. The SMILES string of the molecule is Cc1noc(C)c1C(=O)O[C@@H](C(=O)Nc1cc(Cl)cc(Cl)c1)c1ccccc1. The number of nitrogens with zero attached hydrogens (tertiary/aromatic N) is 1. The van der Waals surface area contributed by atoms with E-state index in [0.717, 1.165) is 0 Å². The maximum absolute atomic E-state index is 12.9. The summed E-state index contributed by atoms with van der Waals surface area (Å²) in [5, 5.41) is 7.16. The van der Waals surface area contributed by atoms with Gasteiger partial charge >= 0.3 is 5.97 Å². The molecular weight excluding hydrogens is 403 g/mol. The van der Waals surface area contributed by atoms with Crippen LogP contribution in [0.5, 0.6) is 0 Å². The Labute approximate surface area is 171 Å². The molecule has 6 nitrogen and oxygen atoms in total. The molecule has 0 radical (unpaired) electrons. The number of nitrogens with one attached hydrogen (secondary N) is 1. The van der Waals surface area contributed by atoms with Crippen molar-refractivity contribution in [2.75, 3.05) is 5.32 Å². The molecule has 8 heteroatoms. The lowest BCUT2D eigenvalue weighted by molar-refractivity contribution is -0.125. The minimum atomic E-state index is -1.19. The van der Waals surface area contributed by atoms with Gasteiger partial charge in [-0.25, -0.2) is 4.79 Å². The predicted octanol–water partition coefficient (Wildman–Crippen LogP) is 5.14.